The number of aryl methyl sites for hydroxylation is 1. The molecule has 1 aliphatic heterocycles. The highest BCUT2D eigenvalue weighted by atomic mass is 15.1. The lowest BCUT2D eigenvalue weighted by molar-refractivity contribution is 0.197. The molecule has 4 nitrogen and oxygen atoms in total. The van der Waals surface area contributed by atoms with Crippen molar-refractivity contribution in [2.45, 2.75) is 32.7 Å². The largest absolute Gasteiger partial charge is 0.382 e. The van der Waals surface area contributed by atoms with Crippen LogP contribution < -0.4 is 5.32 Å². The number of hydrogen-bond acceptors (Lipinski definition) is 3. The molecule has 0 bridgehead atoms. The molecule has 20 heavy (non-hydrogen) atoms. The Labute approximate surface area is 120 Å². The van der Waals surface area contributed by atoms with Crippen LogP contribution in [0.15, 0.2) is 18.2 Å². The minimum atomic E-state index is 0.499. The van der Waals surface area contributed by atoms with Crippen molar-refractivity contribution in [2.24, 2.45) is 5.92 Å². The molecular formula is C16H24N4. The highest BCUT2D eigenvalue weighted by molar-refractivity contribution is 5.79. The molecule has 0 saturated carbocycles. The maximum absolute atomic E-state index is 4.44. The van der Waals surface area contributed by atoms with E-state index in [0.717, 1.165) is 22.8 Å². The van der Waals surface area contributed by atoms with Gasteiger partial charge in [0.25, 0.3) is 0 Å². The summed E-state index contributed by atoms with van der Waals surface area (Å²) in [4.78, 5) is 10.2. The molecule has 1 aromatic carbocycles. The van der Waals surface area contributed by atoms with Crippen LogP contribution in [0, 0.1) is 12.8 Å². The fourth-order valence-corrected chi connectivity index (χ4v) is 3.22. The van der Waals surface area contributed by atoms with Crippen LogP contribution in [0.3, 0.4) is 0 Å². The lowest BCUT2D eigenvalue weighted by atomic mass is 9.92. The second-order valence-electron chi connectivity index (χ2n) is 6.15. The molecule has 2 N–H and O–H groups in total. The third-order valence-corrected chi connectivity index (χ3v) is 4.36. The first-order valence-electron chi connectivity index (χ1n) is 7.53. The van der Waals surface area contributed by atoms with Gasteiger partial charge in [0.05, 0.1) is 11.0 Å². The van der Waals surface area contributed by atoms with Crippen LogP contribution in [0.1, 0.15) is 25.6 Å². The summed E-state index contributed by atoms with van der Waals surface area (Å²) in [6.45, 7) is 6.72. The normalized spacial score (nSPS) is 22.1. The zero-order valence-corrected chi connectivity index (χ0v) is 12.6. The van der Waals surface area contributed by atoms with Gasteiger partial charge < -0.3 is 15.2 Å². The van der Waals surface area contributed by atoms with Crippen LogP contribution in [0.25, 0.3) is 11.0 Å². The molecule has 2 atom stereocenters. The van der Waals surface area contributed by atoms with Crippen LogP contribution >= 0.6 is 0 Å². The van der Waals surface area contributed by atoms with Gasteiger partial charge in [-0.3, -0.25) is 0 Å². The number of rotatable bonds is 3. The van der Waals surface area contributed by atoms with E-state index in [1.54, 1.807) is 0 Å². The molecule has 0 spiro atoms. The number of likely N-dealkylation sites (tertiary alicyclic amines) is 1. The van der Waals surface area contributed by atoms with Crippen LogP contribution in [0.2, 0.25) is 0 Å². The predicted octanol–water partition coefficient (Wildman–Crippen LogP) is 3.01. The molecule has 1 fully saturated rings. The number of aromatic nitrogens is 2. The molecule has 3 rings (SSSR count). The van der Waals surface area contributed by atoms with Gasteiger partial charge in [-0.1, -0.05) is 0 Å². The molecule has 4 heteroatoms. The van der Waals surface area contributed by atoms with Crippen LogP contribution in [0.5, 0.6) is 0 Å². The van der Waals surface area contributed by atoms with Gasteiger partial charge in [0.1, 0.15) is 5.82 Å². The van der Waals surface area contributed by atoms with E-state index >= 15 is 0 Å². The number of aromatic amines is 1. The van der Waals surface area contributed by atoms with Crippen molar-refractivity contribution in [3.8, 4) is 0 Å². The van der Waals surface area contributed by atoms with Crippen molar-refractivity contribution in [1.82, 2.24) is 14.9 Å². The summed E-state index contributed by atoms with van der Waals surface area (Å²) in [5.74, 6) is 1.70. The van der Waals surface area contributed by atoms with E-state index in [2.05, 4.69) is 52.4 Å². The number of hydrogen-bond donors (Lipinski definition) is 2. The van der Waals surface area contributed by atoms with Gasteiger partial charge in [0.15, 0.2) is 0 Å². The maximum Gasteiger partial charge on any atom is 0.104 e. The van der Waals surface area contributed by atoms with E-state index < -0.39 is 0 Å². The first kappa shape index (κ1) is 13.4. The highest BCUT2D eigenvalue weighted by Gasteiger charge is 2.22. The first-order chi connectivity index (χ1) is 9.61. The van der Waals surface area contributed by atoms with Gasteiger partial charge in [0.2, 0.25) is 0 Å². The Hall–Kier alpha value is -1.55. The Morgan fingerprint density at radius 1 is 1.45 bits per heavy atom. The minimum Gasteiger partial charge on any atom is -0.382 e. The second-order valence-corrected chi connectivity index (χ2v) is 6.15. The number of benzene rings is 1. The number of nitrogens with zero attached hydrogens (tertiary/aromatic N) is 2. The van der Waals surface area contributed by atoms with Crippen molar-refractivity contribution in [2.75, 3.05) is 25.5 Å². The van der Waals surface area contributed by atoms with E-state index in [1.807, 2.05) is 6.92 Å². The molecule has 1 saturated heterocycles. The first-order valence-corrected chi connectivity index (χ1v) is 7.53. The minimum absolute atomic E-state index is 0.499. The summed E-state index contributed by atoms with van der Waals surface area (Å²) < 4.78 is 0. The maximum atomic E-state index is 4.44. The summed E-state index contributed by atoms with van der Waals surface area (Å²) in [6, 6.07) is 6.88. The summed E-state index contributed by atoms with van der Waals surface area (Å²) in [7, 11) is 2.22. The van der Waals surface area contributed by atoms with Crippen LogP contribution in [-0.2, 0) is 0 Å². The van der Waals surface area contributed by atoms with Gasteiger partial charge in [-0.15, -0.1) is 0 Å². The van der Waals surface area contributed by atoms with Crippen molar-refractivity contribution in [3.63, 3.8) is 0 Å². The van der Waals surface area contributed by atoms with E-state index in [4.69, 9.17) is 0 Å². The summed E-state index contributed by atoms with van der Waals surface area (Å²) >= 11 is 0. The Kier molecular flexibility index (Phi) is 3.66. The molecule has 2 aromatic rings. The molecule has 0 amide bonds. The van der Waals surface area contributed by atoms with Gasteiger partial charge in [-0.2, -0.15) is 0 Å². The zero-order chi connectivity index (χ0) is 14.1. The smallest absolute Gasteiger partial charge is 0.104 e. The predicted molar refractivity (Wildman–Crippen MR) is 84.1 cm³/mol. The van der Waals surface area contributed by atoms with E-state index in [1.165, 1.54) is 31.6 Å². The number of imidazole rings is 1. The van der Waals surface area contributed by atoms with E-state index in [9.17, 15) is 0 Å². The summed E-state index contributed by atoms with van der Waals surface area (Å²) in [5, 5.41) is 3.66. The van der Waals surface area contributed by atoms with Gasteiger partial charge in [-0.25, -0.2) is 4.98 Å². The number of anilines is 1. The molecule has 2 unspecified atom stereocenters. The van der Waals surface area contributed by atoms with Gasteiger partial charge in [-0.05, 0) is 64.4 Å². The summed E-state index contributed by atoms with van der Waals surface area (Å²) in [5.41, 5.74) is 3.33. The molecule has 2 heterocycles. The fourth-order valence-electron chi connectivity index (χ4n) is 3.22. The highest BCUT2D eigenvalue weighted by Crippen LogP contribution is 2.23. The number of nitrogens with one attached hydrogen (secondary N) is 2. The molecule has 1 aromatic heterocycles. The van der Waals surface area contributed by atoms with Crippen LogP contribution in [-0.4, -0.2) is 41.0 Å². The molecular weight excluding hydrogens is 248 g/mol. The number of fused-ring (bicyclic) bond motifs is 1. The van der Waals surface area contributed by atoms with E-state index in [-0.39, 0.29) is 0 Å². The van der Waals surface area contributed by atoms with Crippen molar-refractivity contribution in [1.29, 1.82) is 0 Å². The Balaban J connectivity index is 1.71. The number of piperidine rings is 1. The average Bonchev–Trinajstić information content (AvgIpc) is 2.78. The monoisotopic (exact) mass is 272 g/mol. The van der Waals surface area contributed by atoms with Crippen molar-refractivity contribution in [3.05, 3.63) is 24.0 Å². The van der Waals surface area contributed by atoms with Crippen molar-refractivity contribution >= 4 is 16.7 Å². The lowest BCUT2D eigenvalue weighted by Crippen LogP contribution is -2.39. The van der Waals surface area contributed by atoms with E-state index in [0.29, 0.717) is 6.04 Å². The quantitative estimate of drug-likeness (QED) is 0.902. The molecule has 0 radical (unpaired) electrons. The standard InChI is InChI=1S/C16H24N4/c1-11(13-5-4-8-20(3)10-13)17-14-6-7-15-16(9-14)19-12(2)18-15/h6-7,9,11,13,17H,4-5,8,10H2,1-3H3,(H,18,19). The fraction of sp³-hybridized carbons (Fsp3) is 0.562. The van der Waals surface area contributed by atoms with Crippen LogP contribution in [0.4, 0.5) is 5.69 Å². The lowest BCUT2D eigenvalue weighted by Gasteiger charge is -2.34. The molecule has 1 aliphatic rings. The second kappa shape index (κ2) is 5.44. The Morgan fingerprint density at radius 3 is 3.10 bits per heavy atom. The summed E-state index contributed by atoms with van der Waals surface area (Å²) in [6.07, 6.45) is 2.63. The third kappa shape index (κ3) is 2.80. The zero-order valence-electron chi connectivity index (χ0n) is 12.6. The number of H-pyrrole nitrogens is 1. The van der Waals surface area contributed by atoms with Gasteiger partial charge >= 0.3 is 0 Å². The topological polar surface area (TPSA) is 44.0 Å². The Bertz CT molecular complexity index is 589. The van der Waals surface area contributed by atoms with Gasteiger partial charge in [0, 0.05) is 18.3 Å². The molecule has 0 aliphatic carbocycles. The third-order valence-electron chi connectivity index (χ3n) is 4.36. The molecule has 108 valence electrons. The SMILES string of the molecule is Cc1nc2ccc(NC(C)C3CCCN(C)C3)cc2[nH]1. The van der Waals surface area contributed by atoms with Crippen molar-refractivity contribution < 1.29 is 0 Å². The Morgan fingerprint density at radius 2 is 2.30 bits per heavy atom. The average molecular weight is 272 g/mol.